The lowest BCUT2D eigenvalue weighted by atomic mass is 9.44. The molecule has 3 aromatic rings. The normalized spacial score (nSPS) is 34.8. The van der Waals surface area contributed by atoms with E-state index in [0.29, 0.717) is 6.04 Å². The number of hydrogen-bond donors (Lipinski definition) is 0. The lowest BCUT2D eigenvalue weighted by Crippen LogP contribution is -2.58. The van der Waals surface area contributed by atoms with Gasteiger partial charge in [-0.25, -0.2) is 4.98 Å². The van der Waals surface area contributed by atoms with Gasteiger partial charge in [0.2, 0.25) is 0 Å². The largest absolute Gasteiger partial charge is 0.490 e. The fourth-order valence-electron chi connectivity index (χ4n) is 8.19. The van der Waals surface area contributed by atoms with Crippen LogP contribution >= 0.6 is 0 Å². The van der Waals surface area contributed by atoms with Gasteiger partial charge in [-0.3, -0.25) is 0 Å². The van der Waals surface area contributed by atoms with Crippen LogP contribution in [0.5, 0.6) is 5.75 Å². The van der Waals surface area contributed by atoms with Crippen molar-refractivity contribution in [1.82, 2.24) is 9.55 Å². The van der Waals surface area contributed by atoms with E-state index in [1.54, 1.807) is 0 Å². The molecule has 0 saturated heterocycles. The molecule has 4 aliphatic carbocycles. The highest BCUT2D eigenvalue weighted by Gasteiger charge is 2.59. The fraction of sp³-hybridized carbons (Fsp3) is 0.483. The summed E-state index contributed by atoms with van der Waals surface area (Å²) in [5, 5.41) is 0. The van der Waals surface area contributed by atoms with Gasteiger partial charge in [0.1, 0.15) is 11.9 Å². The number of rotatable bonds is 5. The predicted molar refractivity (Wildman–Crippen MR) is 126 cm³/mol. The van der Waals surface area contributed by atoms with Gasteiger partial charge in [-0.05, 0) is 73.5 Å². The van der Waals surface area contributed by atoms with Crippen LogP contribution in [-0.2, 0) is 0 Å². The van der Waals surface area contributed by atoms with Gasteiger partial charge in [0, 0.05) is 17.4 Å². The second-order valence-corrected chi connectivity index (χ2v) is 11.1. The van der Waals surface area contributed by atoms with Crippen molar-refractivity contribution in [3.63, 3.8) is 0 Å². The van der Waals surface area contributed by atoms with Gasteiger partial charge in [0.25, 0.3) is 0 Å². The van der Waals surface area contributed by atoms with Crippen LogP contribution in [0.4, 0.5) is 0 Å². The minimum absolute atomic E-state index is 0.200. The van der Waals surface area contributed by atoms with Crippen molar-refractivity contribution in [2.75, 3.05) is 0 Å². The average Bonchev–Trinajstić information content (AvgIpc) is 3.39. The van der Waals surface area contributed by atoms with E-state index in [0.717, 1.165) is 35.8 Å². The zero-order chi connectivity index (χ0) is 21.3. The fourth-order valence-corrected chi connectivity index (χ4v) is 8.19. The average molecular weight is 425 g/mol. The zero-order valence-corrected chi connectivity index (χ0v) is 18.9. The van der Waals surface area contributed by atoms with E-state index in [1.165, 1.54) is 48.9 Å². The molecule has 3 heteroatoms. The summed E-state index contributed by atoms with van der Waals surface area (Å²) in [7, 11) is 0. The molecule has 0 amide bonds. The number of hydrogen-bond acceptors (Lipinski definition) is 2. The smallest absolute Gasteiger partial charge is 0.119 e. The van der Waals surface area contributed by atoms with Gasteiger partial charge in [-0.2, -0.15) is 0 Å². The van der Waals surface area contributed by atoms with E-state index >= 15 is 0 Å². The van der Waals surface area contributed by atoms with Crippen LogP contribution in [0.2, 0.25) is 0 Å². The third kappa shape index (κ3) is 2.69. The maximum absolute atomic E-state index is 6.98. The van der Waals surface area contributed by atoms with Crippen LogP contribution in [0, 0.1) is 29.1 Å². The van der Waals surface area contributed by atoms with Gasteiger partial charge in [0.05, 0.1) is 24.3 Å². The summed E-state index contributed by atoms with van der Waals surface area (Å²) < 4.78 is 9.37. The third-order valence-corrected chi connectivity index (χ3v) is 9.65. The highest BCUT2D eigenvalue weighted by Crippen LogP contribution is 2.64. The van der Waals surface area contributed by atoms with Crippen molar-refractivity contribution in [2.24, 2.45) is 29.1 Å². The van der Waals surface area contributed by atoms with Gasteiger partial charge in [-0.15, -0.1) is 0 Å². The molecule has 5 aliphatic rings. The number of imidazole rings is 1. The van der Waals surface area contributed by atoms with Crippen LogP contribution in [0.3, 0.4) is 0 Å². The lowest BCUT2D eigenvalue weighted by molar-refractivity contribution is -0.151. The van der Waals surface area contributed by atoms with Crippen molar-refractivity contribution >= 4 is 0 Å². The number of para-hydroxylation sites is 1. The molecule has 1 aromatic heterocycles. The van der Waals surface area contributed by atoms with E-state index in [1.807, 2.05) is 12.5 Å². The Kier molecular flexibility index (Phi) is 4.13. The van der Waals surface area contributed by atoms with Crippen molar-refractivity contribution in [3.8, 4) is 17.0 Å². The third-order valence-electron chi connectivity index (χ3n) is 9.65. The minimum Gasteiger partial charge on any atom is -0.490 e. The quantitative estimate of drug-likeness (QED) is 0.453. The number of aromatic nitrogens is 2. The van der Waals surface area contributed by atoms with Crippen molar-refractivity contribution in [3.05, 3.63) is 72.7 Å². The molecule has 4 fully saturated rings. The first kappa shape index (κ1) is 19.0. The first-order chi connectivity index (χ1) is 15.7. The molecule has 32 heavy (non-hydrogen) atoms. The monoisotopic (exact) mass is 424 g/mol. The molecule has 4 saturated carbocycles. The first-order valence-corrected chi connectivity index (χ1v) is 12.5. The topological polar surface area (TPSA) is 27.1 Å². The number of benzene rings is 2. The number of nitrogens with zero attached hydrogens (tertiary/aromatic N) is 2. The predicted octanol–water partition coefficient (Wildman–Crippen LogP) is 6.75. The van der Waals surface area contributed by atoms with E-state index in [9.17, 15) is 0 Å². The maximum Gasteiger partial charge on any atom is 0.119 e. The highest BCUT2D eigenvalue weighted by atomic mass is 16.5. The Bertz CT molecular complexity index is 1100. The molecule has 4 bridgehead atoms. The Morgan fingerprint density at radius 3 is 2.38 bits per heavy atom. The molecule has 2 aromatic carbocycles. The molecule has 2 heterocycles. The molecule has 3 nitrogen and oxygen atoms in total. The minimum atomic E-state index is 0.200. The Morgan fingerprint density at radius 2 is 1.62 bits per heavy atom. The summed E-state index contributed by atoms with van der Waals surface area (Å²) >= 11 is 0. The second kappa shape index (κ2) is 6.97. The Labute approximate surface area is 190 Å². The Hall–Kier alpha value is -2.55. The second-order valence-electron chi connectivity index (χ2n) is 11.1. The molecule has 0 radical (unpaired) electrons. The Morgan fingerprint density at radius 1 is 0.938 bits per heavy atom. The van der Waals surface area contributed by atoms with Crippen LogP contribution < -0.4 is 4.74 Å². The summed E-state index contributed by atoms with van der Waals surface area (Å²) in [5.41, 5.74) is 4.25. The van der Waals surface area contributed by atoms with Gasteiger partial charge in [-0.1, -0.05) is 49.4 Å². The summed E-state index contributed by atoms with van der Waals surface area (Å²) in [6.45, 7) is 2.59. The standard InChI is InChI=1S/C29H32N2O/c1-29(21-12-19-11-20(14-21)15-22(29)13-19)28(32-23-7-3-2-4-8-23)16-26-24-9-5-6-10-25(24)27-17-30-18-31(26)27/h2-10,17-22,26,28H,11-16H2,1H3/t19?,20?,21?,22?,26-,28-,29?/m0/s1. The molecule has 0 N–H and O–H groups in total. The maximum atomic E-state index is 6.98. The van der Waals surface area contributed by atoms with Crippen LogP contribution in [0.15, 0.2) is 67.1 Å². The molecule has 1 aliphatic heterocycles. The van der Waals surface area contributed by atoms with Gasteiger partial charge in [0.15, 0.2) is 0 Å². The van der Waals surface area contributed by atoms with E-state index in [-0.39, 0.29) is 11.5 Å². The summed E-state index contributed by atoms with van der Waals surface area (Å²) in [4.78, 5) is 4.51. The number of ether oxygens (including phenoxy) is 1. The van der Waals surface area contributed by atoms with Crippen molar-refractivity contribution in [1.29, 1.82) is 0 Å². The van der Waals surface area contributed by atoms with Crippen LogP contribution in [0.25, 0.3) is 11.3 Å². The SMILES string of the molecule is CC1([C@H](C[C@H]2c3ccccc3-c3cncn32)Oc2ccccc2)C2CC3CC(C2)CC1C3. The van der Waals surface area contributed by atoms with E-state index < -0.39 is 0 Å². The molecule has 0 spiro atoms. The molecular formula is C29H32N2O. The van der Waals surface area contributed by atoms with Crippen LogP contribution in [0.1, 0.15) is 57.1 Å². The van der Waals surface area contributed by atoms with Gasteiger partial charge < -0.3 is 9.30 Å². The van der Waals surface area contributed by atoms with E-state index in [4.69, 9.17) is 4.74 Å². The highest BCUT2D eigenvalue weighted by molar-refractivity contribution is 5.68. The zero-order valence-electron chi connectivity index (χ0n) is 18.9. The molecule has 2 atom stereocenters. The summed E-state index contributed by atoms with van der Waals surface area (Å²) in [5.74, 6) is 4.55. The molecule has 8 rings (SSSR count). The molecular weight excluding hydrogens is 392 g/mol. The van der Waals surface area contributed by atoms with Crippen LogP contribution in [-0.4, -0.2) is 15.7 Å². The van der Waals surface area contributed by atoms with Crippen molar-refractivity contribution in [2.45, 2.75) is 57.6 Å². The molecule has 164 valence electrons. The summed E-state index contributed by atoms with van der Waals surface area (Å²) in [6, 6.07) is 19.7. The summed E-state index contributed by atoms with van der Waals surface area (Å²) in [6.07, 6.45) is 12.4. The first-order valence-electron chi connectivity index (χ1n) is 12.5. The molecule has 0 unspecified atom stereocenters. The Balaban J connectivity index is 1.29. The van der Waals surface area contributed by atoms with Crippen molar-refractivity contribution < 1.29 is 4.74 Å². The lowest BCUT2D eigenvalue weighted by Gasteiger charge is -2.62. The van der Waals surface area contributed by atoms with E-state index in [2.05, 4.69) is 71.1 Å². The van der Waals surface area contributed by atoms with Gasteiger partial charge >= 0.3 is 0 Å². The number of fused-ring (bicyclic) bond motifs is 3.